The summed E-state index contributed by atoms with van der Waals surface area (Å²) in [4.78, 5) is 16.7. The molecule has 170 valence electrons. The lowest BCUT2D eigenvalue weighted by atomic mass is 9.80. The van der Waals surface area contributed by atoms with Gasteiger partial charge in [-0.05, 0) is 73.6 Å². The van der Waals surface area contributed by atoms with Crippen molar-refractivity contribution in [3.63, 3.8) is 0 Å². The highest BCUT2D eigenvalue weighted by Crippen LogP contribution is 2.40. The summed E-state index contributed by atoms with van der Waals surface area (Å²) in [6.45, 7) is 4.47. The molecule has 0 aliphatic heterocycles. The van der Waals surface area contributed by atoms with Crippen molar-refractivity contribution >= 4 is 28.6 Å². The summed E-state index contributed by atoms with van der Waals surface area (Å²) >= 11 is 0. The summed E-state index contributed by atoms with van der Waals surface area (Å²) in [5.74, 6) is 1.20. The van der Waals surface area contributed by atoms with Crippen molar-refractivity contribution in [2.75, 3.05) is 12.4 Å². The molecule has 3 aromatic rings. The third-order valence-electron chi connectivity index (χ3n) is 6.10. The molecular weight excluding hydrogens is 419 g/mol. The molecule has 2 aromatic carbocycles. The van der Waals surface area contributed by atoms with E-state index >= 15 is 0 Å². The largest absolute Gasteiger partial charge is 0.465 e. The third kappa shape index (κ3) is 4.45. The zero-order valence-corrected chi connectivity index (χ0v) is 18.2. The number of hydrogen-bond acceptors (Lipinski definition) is 4. The molecule has 1 aromatic heterocycles. The van der Waals surface area contributed by atoms with Crippen LogP contribution in [0.1, 0.15) is 55.1 Å². The molecule has 2 unspecified atom stereocenters. The van der Waals surface area contributed by atoms with Crippen LogP contribution < -0.4 is 5.32 Å². The fourth-order valence-corrected chi connectivity index (χ4v) is 4.79. The maximum Gasteiger partial charge on any atom is 0.416 e. The number of nitrogens with one attached hydrogen (secondary N) is 1. The molecule has 5 nitrogen and oxygen atoms in total. The average Bonchev–Trinajstić information content (AvgIpc) is 3.09. The van der Waals surface area contributed by atoms with E-state index in [0.717, 1.165) is 36.9 Å². The van der Waals surface area contributed by atoms with Crippen molar-refractivity contribution in [3.05, 3.63) is 53.6 Å². The lowest BCUT2D eigenvalue weighted by Gasteiger charge is -2.33. The molecule has 1 saturated carbocycles. The van der Waals surface area contributed by atoms with Gasteiger partial charge < -0.3 is 14.6 Å². The Morgan fingerprint density at radius 3 is 2.31 bits per heavy atom. The van der Waals surface area contributed by atoms with Gasteiger partial charge in [-0.15, -0.1) is 0 Å². The Labute approximate surface area is 184 Å². The predicted molar refractivity (Wildman–Crippen MR) is 117 cm³/mol. The lowest BCUT2D eigenvalue weighted by Crippen LogP contribution is -2.23. The van der Waals surface area contributed by atoms with Crippen molar-refractivity contribution in [2.24, 2.45) is 11.8 Å². The number of aromatic nitrogens is 2. The number of ether oxygens (including phenoxy) is 1. The number of anilines is 2. The molecule has 2 atom stereocenters. The fourth-order valence-electron chi connectivity index (χ4n) is 4.79. The molecule has 8 heteroatoms. The van der Waals surface area contributed by atoms with Crippen molar-refractivity contribution in [1.82, 2.24) is 9.55 Å². The molecular formula is C24H26F3N3O2. The van der Waals surface area contributed by atoms with Crippen molar-refractivity contribution in [3.8, 4) is 0 Å². The molecule has 1 fully saturated rings. The van der Waals surface area contributed by atoms with Gasteiger partial charge in [0.25, 0.3) is 0 Å². The van der Waals surface area contributed by atoms with Crippen LogP contribution in [0, 0.1) is 11.8 Å². The van der Waals surface area contributed by atoms with Gasteiger partial charge in [0.05, 0.1) is 29.3 Å². The van der Waals surface area contributed by atoms with E-state index in [4.69, 9.17) is 9.72 Å². The smallest absolute Gasteiger partial charge is 0.416 e. The number of hydrogen-bond donors (Lipinski definition) is 1. The van der Waals surface area contributed by atoms with Crippen LogP contribution in [0.15, 0.2) is 42.5 Å². The second kappa shape index (κ2) is 8.48. The van der Waals surface area contributed by atoms with Crippen LogP contribution in [0.4, 0.5) is 24.8 Å². The average molecular weight is 445 g/mol. The number of halogens is 3. The second-order valence-electron chi connectivity index (χ2n) is 8.77. The summed E-state index contributed by atoms with van der Waals surface area (Å²) in [7, 11) is 1.33. The number of fused-ring (bicyclic) bond motifs is 1. The van der Waals surface area contributed by atoms with E-state index in [1.54, 1.807) is 12.1 Å². The van der Waals surface area contributed by atoms with Crippen LogP contribution in [-0.4, -0.2) is 22.6 Å². The van der Waals surface area contributed by atoms with Crippen LogP contribution in [0.2, 0.25) is 0 Å². The molecule has 0 spiro atoms. The number of methoxy groups -OCH3 is 1. The maximum absolute atomic E-state index is 12.9. The van der Waals surface area contributed by atoms with Gasteiger partial charge in [-0.3, -0.25) is 0 Å². The highest BCUT2D eigenvalue weighted by molar-refractivity contribution is 5.94. The fraction of sp³-hybridized carbons (Fsp3) is 0.417. The number of carbonyl (C=O) groups is 1. The minimum atomic E-state index is -4.38. The van der Waals surface area contributed by atoms with Gasteiger partial charge in [0.1, 0.15) is 0 Å². The van der Waals surface area contributed by atoms with Gasteiger partial charge in [0, 0.05) is 11.7 Å². The molecule has 32 heavy (non-hydrogen) atoms. The van der Waals surface area contributed by atoms with Crippen LogP contribution in [0.5, 0.6) is 0 Å². The Morgan fingerprint density at radius 2 is 1.72 bits per heavy atom. The summed E-state index contributed by atoms with van der Waals surface area (Å²) in [6.07, 6.45) is -1.26. The molecule has 1 N–H and O–H groups in total. The number of nitrogens with zero attached hydrogens (tertiary/aromatic N) is 2. The zero-order valence-electron chi connectivity index (χ0n) is 18.2. The molecule has 1 heterocycles. The maximum atomic E-state index is 12.9. The molecule has 1 aliphatic rings. The van der Waals surface area contributed by atoms with Crippen LogP contribution in [0.3, 0.4) is 0 Å². The number of alkyl halides is 3. The summed E-state index contributed by atoms with van der Waals surface area (Å²) in [6, 6.07) is 10.4. The van der Waals surface area contributed by atoms with Gasteiger partial charge in [-0.1, -0.05) is 13.8 Å². The Kier molecular flexibility index (Phi) is 5.88. The van der Waals surface area contributed by atoms with E-state index in [0.29, 0.717) is 34.6 Å². The predicted octanol–water partition coefficient (Wildman–Crippen LogP) is 6.58. The van der Waals surface area contributed by atoms with Gasteiger partial charge in [0.2, 0.25) is 5.95 Å². The monoisotopic (exact) mass is 445 g/mol. The van der Waals surface area contributed by atoms with E-state index in [-0.39, 0.29) is 6.04 Å². The van der Waals surface area contributed by atoms with Crippen molar-refractivity contribution in [1.29, 1.82) is 0 Å². The lowest BCUT2D eigenvalue weighted by molar-refractivity contribution is -0.137. The molecule has 0 bridgehead atoms. The Morgan fingerprint density at radius 1 is 1.06 bits per heavy atom. The van der Waals surface area contributed by atoms with Crippen LogP contribution in [-0.2, 0) is 10.9 Å². The van der Waals surface area contributed by atoms with E-state index < -0.39 is 17.7 Å². The minimum Gasteiger partial charge on any atom is -0.465 e. The van der Waals surface area contributed by atoms with E-state index in [1.165, 1.54) is 19.2 Å². The van der Waals surface area contributed by atoms with Gasteiger partial charge in [0.15, 0.2) is 0 Å². The molecule has 0 radical (unpaired) electrons. The first-order valence-corrected chi connectivity index (χ1v) is 10.7. The molecule has 4 rings (SSSR count). The van der Waals surface area contributed by atoms with Gasteiger partial charge in [-0.25, -0.2) is 9.78 Å². The van der Waals surface area contributed by atoms with Crippen molar-refractivity contribution < 1.29 is 22.7 Å². The Bertz CT molecular complexity index is 1110. The molecule has 1 aliphatic carbocycles. The normalized spacial score (nSPS) is 21.5. The van der Waals surface area contributed by atoms with Gasteiger partial charge in [-0.2, -0.15) is 13.2 Å². The minimum absolute atomic E-state index is 0.194. The van der Waals surface area contributed by atoms with E-state index in [1.807, 2.05) is 6.07 Å². The van der Waals surface area contributed by atoms with E-state index in [2.05, 4.69) is 23.7 Å². The van der Waals surface area contributed by atoms with E-state index in [9.17, 15) is 18.0 Å². The number of benzene rings is 2. The summed E-state index contributed by atoms with van der Waals surface area (Å²) in [5.41, 5.74) is 1.72. The highest BCUT2D eigenvalue weighted by Gasteiger charge is 2.31. The summed E-state index contributed by atoms with van der Waals surface area (Å²) in [5, 5.41) is 3.20. The third-order valence-corrected chi connectivity index (χ3v) is 6.10. The zero-order chi connectivity index (χ0) is 23.0. The van der Waals surface area contributed by atoms with Crippen LogP contribution >= 0.6 is 0 Å². The Hall–Kier alpha value is -3.03. The number of rotatable bonds is 4. The quantitative estimate of drug-likeness (QED) is 0.461. The second-order valence-corrected chi connectivity index (χ2v) is 8.77. The standard InChI is InChI=1S/C24H26F3N3O2/c1-14-10-15(2)12-19(11-14)30-21-9-4-16(22(31)32-3)13-20(21)29-23(30)28-18-7-5-17(6-8-18)24(25,26)27/h4-9,13-15,19H,10-12H2,1-3H3,(H,28,29). The first kappa shape index (κ1) is 22.2. The highest BCUT2D eigenvalue weighted by atomic mass is 19.4. The van der Waals surface area contributed by atoms with Crippen molar-refractivity contribution in [2.45, 2.75) is 45.3 Å². The topological polar surface area (TPSA) is 56.1 Å². The molecule has 0 amide bonds. The summed E-state index contributed by atoms with van der Waals surface area (Å²) < 4.78 is 45.7. The first-order valence-electron chi connectivity index (χ1n) is 10.7. The van der Waals surface area contributed by atoms with Crippen LogP contribution in [0.25, 0.3) is 11.0 Å². The first-order chi connectivity index (χ1) is 15.2. The molecule has 0 saturated heterocycles. The van der Waals surface area contributed by atoms with Gasteiger partial charge >= 0.3 is 12.1 Å². The SMILES string of the molecule is COC(=O)c1ccc2c(c1)nc(Nc1ccc(C(F)(F)F)cc1)n2C1CC(C)CC(C)C1. The number of esters is 1. The number of carbonyl (C=O) groups excluding carboxylic acids is 1. The Balaban J connectivity index is 1.76. The number of imidazole rings is 1.